The summed E-state index contributed by atoms with van der Waals surface area (Å²) >= 11 is 0. The van der Waals surface area contributed by atoms with Gasteiger partial charge < -0.3 is 4.74 Å². The maximum Gasteiger partial charge on any atom is 0.342 e. The Morgan fingerprint density at radius 1 is 1.06 bits per heavy atom. The van der Waals surface area contributed by atoms with Gasteiger partial charge in [-0.25, -0.2) is 4.79 Å². The summed E-state index contributed by atoms with van der Waals surface area (Å²) in [4.78, 5) is 31.6. The standard InChI is InChI=1S/C12H22O5/c1-4-10(3)16-17-12(14)9-7-6-8-11(13)15-5-2/h10H,4-9H2,1-3H3. The van der Waals surface area contributed by atoms with Crippen LogP contribution in [-0.2, 0) is 24.1 Å². The fourth-order valence-electron chi connectivity index (χ4n) is 1.02. The monoisotopic (exact) mass is 246 g/mol. The van der Waals surface area contributed by atoms with Gasteiger partial charge in [0.05, 0.1) is 6.61 Å². The van der Waals surface area contributed by atoms with Crippen molar-refractivity contribution in [1.29, 1.82) is 0 Å². The van der Waals surface area contributed by atoms with Crippen molar-refractivity contribution in [3.63, 3.8) is 0 Å². The molecule has 0 radical (unpaired) electrons. The molecule has 100 valence electrons. The topological polar surface area (TPSA) is 61.8 Å². The summed E-state index contributed by atoms with van der Waals surface area (Å²) < 4.78 is 4.76. The second kappa shape index (κ2) is 10.1. The molecule has 0 heterocycles. The van der Waals surface area contributed by atoms with E-state index in [4.69, 9.17) is 9.62 Å². The molecule has 5 heteroatoms. The van der Waals surface area contributed by atoms with Crippen molar-refractivity contribution in [2.75, 3.05) is 6.61 Å². The van der Waals surface area contributed by atoms with Gasteiger partial charge in [0, 0.05) is 12.8 Å². The van der Waals surface area contributed by atoms with Crippen LogP contribution in [0.2, 0.25) is 0 Å². The van der Waals surface area contributed by atoms with Crippen LogP contribution in [0.15, 0.2) is 0 Å². The minimum absolute atomic E-state index is 0.0847. The summed E-state index contributed by atoms with van der Waals surface area (Å²) in [6, 6.07) is 0. The minimum Gasteiger partial charge on any atom is -0.466 e. The van der Waals surface area contributed by atoms with Gasteiger partial charge in [0.15, 0.2) is 0 Å². The molecule has 0 saturated heterocycles. The number of ether oxygens (including phenoxy) is 1. The fraction of sp³-hybridized carbons (Fsp3) is 0.833. The lowest BCUT2D eigenvalue weighted by Gasteiger charge is -2.08. The van der Waals surface area contributed by atoms with Crippen molar-refractivity contribution in [2.45, 2.75) is 59.0 Å². The number of hydrogen-bond acceptors (Lipinski definition) is 5. The Morgan fingerprint density at radius 2 is 1.65 bits per heavy atom. The molecule has 0 spiro atoms. The highest BCUT2D eigenvalue weighted by molar-refractivity contribution is 5.70. The van der Waals surface area contributed by atoms with Crippen molar-refractivity contribution < 1.29 is 24.1 Å². The Hall–Kier alpha value is -1.10. The summed E-state index contributed by atoms with van der Waals surface area (Å²) in [7, 11) is 0. The number of unbranched alkanes of at least 4 members (excludes halogenated alkanes) is 1. The molecule has 0 aromatic rings. The van der Waals surface area contributed by atoms with Gasteiger partial charge in [0.2, 0.25) is 0 Å². The second-order valence-electron chi connectivity index (χ2n) is 3.78. The predicted octanol–water partition coefficient (Wildman–Crippen LogP) is 2.38. The molecule has 0 fully saturated rings. The molecule has 17 heavy (non-hydrogen) atoms. The summed E-state index contributed by atoms with van der Waals surface area (Å²) in [6.07, 6.45) is 2.52. The van der Waals surface area contributed by atoms with Gasteiger partial charge in [-0.1, -0.05) is 6.92 Å². The van der Waals surface area contributed by atoms with Crippen LogP contribution in [0.1, 0.15) is 52.9 Å². The molecule has 0 aliphatic heterocycles. The van der Waals surface area contributed by atoms with Crippen LogP contribution >= 0.6 is 0 Å². The minimum atomic E-state index is -0.394. The number of hydrogen-bond donors (Lipinski definition) is 0. The van der Waals surface area contributed by atoms with Crippen LogP contribution < -0.4 is 0 Å². The van der Waals surface area contributed by atoms with Crippen molar-refractivity contribution in [3.8, 4) is 0 Å². The molecule has 1 atom stereocenters. The molecule has 0 rings (SSSR count). The summed E-state index contributed by atoms with van der Waals surface area (Å²) in [6.45, 7) is 5.93. The third-order valence-corrected chi connectivity index (χ3v) is 2.20. The average molecular weight is 246 g/mol. The summed E-state index contributed by atoms with van der Waals surface area (Å²) in [5.74, 6) is -0.620. The van der Waals surface area contributed by atoms with Gasteiger partial charge in [-0.15, -0.1) is 0 Å². The molecular weight excluding hydrogens is 224 g/mol. The molecule has 0 bridgehead atoms. The van der Waals surface area contributed by atoms with E-state index in [2.05, 4.69) is 4.89 Å². The van der Waals surface area contributed by atoms with Crippen molar-refractivity contribution in [3.05, 3.63) is 0 Å². The van der Waals surface area contributed by atoms with Gasteiger partial charge >= 0.3 is 11.9 Å². The Kier molecular flexibility index (Phi) is 9.43. The molecule has 0 saturated carbocycles. The average Bonchev–Trinajstić information content (AvgIpc) is 2.32. The zero-order valence-electron chi connectivity index (χ0n) is 10.9. The van der Waals surface area contributed by atoms with Crippen LogP contribution in [0.5, 0.6) is 0 Å². The highest BCUT2D eigenvalue weighted by Gasteiger charge is 2.08. The van der Waals surface area contributed by atoms with Crippen LogP contribution in [0.25, 0.3) is 0 Å². The SMILES string of the molecule is CCOC(=O)CCCCC(=O)OOC(C)CC. The van der Waals surface area contributed by atoms with E-state index in [1.54, 1.807) is 6.92 Å². The molecule has 0 aliphatic rings. The molecule has 0 N–H and O–H groups in total. The van der Waals surface area contributed by atoms with Gasteiger partial charge in [0.25, 0.3) is 0 Å². The number of carbonyl (C=O) groups is 2. The Balaban J connectivity index is 3.42. The van der Waals surface area contributed by atoms with Gasteiger partial charge in [0.1, 0.15) is 6.10 Å². The molecule has 1 unspecified atom stereocenters. The first-order chi connectivity index (χ1) is 8.10. The van der Waals surface area contributed by atoms with Crippen molar-refractivity contribution in [1.82, 2.24) is 0 Å². The van der Waals surface area contributed by atoms with E-state index < -0.39 is 5.97 Å². The molecule has 0 amide bonds. The van der Waals surface area contributed by atoms with E-state index in [0.717, 1.165) is 6.42 Å². The van der Waals surface area contributed by atoms with Crippen LogP contribution in [0, 0.1) is 0 Å². The van der Waals surface area contributed by atoms with Crippen molar-refractivity contribution >= 4 is 11.9 Å². The first-order valence-electron chi connectivity index (χ1n) is 6.11. The molecule has 0 aromatic carbocycles. The first kappa shape index (κ1) is 15.9. The van der Waals surface area contributed by atoms with E-state index in [0.29, 0.717) is 25.9 Å². The smallest absolute Gasteiger partial charge is 0.342 e. The van der Waals surface area contributed by atoms with Crippen LogP contribution in [0.4, 0.5) is 0 Å². The Labute approximate surface area is 102 Å². The van der Waals surface area contributed by atoms with E-state index in [9.17, 15) is 9.59 Å². The van der Waals surface area contributed by atoms with Gasteiger partial charge in [-0.05, 0) is 33.1 Å². The van der Waals surface area contributed by atoms with Crippen LogP contribution in [0.3, 0.4) is 0 Å². The zero-order valence-corrected chi connectivity index (χ0v) is 10.9. The lowest BCUT2D eigenvalue weighted by Crippen LogP contribution is -2.12. The summed E-state index contributed by atoms with van der Waals surface area (Å²) in [5.41, 5.74) is 0. The van der Waals surface area contributed by atoms with E-state index >= 15 is 0 Å². The fourth-order valence-corrected chi connectivity index (χ4v) is 1.02. The number of rotatable bonds is 9. The van der Waals surface area contributed by atoms with Gasteiger partial charge in [-0.3, -0.25) is 9.68 Å². The van der Waals surface area contributed by atoms with E-state index in [-0.39, 0.29) is 18.5 Å². The lowest BCUT2D eigenvalue weighted by molar-refractivity contribution is -0.295. The third kappa shape index (κ3) is 9.81. The number of esters is 1. The van der Waals surface area contributed by atoms with Crippen molar-refractivity contribution in [2.24, 2.45) is 0 Å². The van der Waals surface area contributed by atoms with E-state index in [1.807, 2.05) is 13.8 Å². The molecular formula is C12H22O5. The predicted molar refractivity (Wildman–Crippen MR) is 62.0 cm³/mol. The molecule has 0 aromatic heterocycles. The first-order valence-corrected chi connectivity index (χ1v) is 6.11. The second-order valence-corrected chi connectivity index (χ2v) is 3.78. The Morgan fingerprint density at radius 3 is 2.18 bits per heavy atom. The Bertz CT molecular complexity index is 227. The largest absolute Gasteiger partial charge is 0.466 e. The normalized spacial score (nSPS) is 11.9. The highest BCUT2D eigenvalue weighted by Crippen LogP contribution is 2.04. The molecule has 0 aliphatic carbocycles. The zero-order chi connectivity index (χ0) is 13.1. The van der Waals surface area contributed by atoms with E-state index in [1.165, 1.54) is 0 Å². The quantitative estimate of drug-likeness (QED) is 0.270. The molecule has 5 nitrogen and oxygen atoms in total. The summed E-state index contributed by atoms with van der Waals surface area (Å²) in [5, 5.41) is 0. The van der Waals surface area contributed by atoms with Gasteiger partial charge in [-0.2, -0.15) is 4.89 Å². The third-order valence-electron chi connectivity index (χ3n) is 2.20. The lowest BCUT2D eigenvalue weighted by atomic mass is 10.2. The van der Waals surface area contributed by atoms with Crippen LogP contribution in [-0.4, -0.2) is 24.6 Å². The maximum absolute atomic E-state index is 11.2. The maximum atomic E-state index is 11.2. The number of carbonyl (C=O) groups excluding carboxylic acids is 2. The highest BCUT2D eigenvalue weighted by atomic mass is 17.2.